The highest BCUT2D eigenvalue weighted by Crippen LogP contribution is 2.21. The lowest BCUT2D eigenvalue weighted by atomic mass is 10.0. The van der Waals surface area contributed by atoms with Crippen LogP contribution in [-0.4, -0.2) is 55.6 Å². The number of benzene rings is 3. The Morgan fingerprint density at radius 2 is 1.59 bits per heavy atom. The van der Waals surface area contributed by atoms with Gasteiger partial charge in [0.15, 0.2) is 0 Å². The molecule has 7 nitrogen and oxygen atoms in total. The van der Waals surface area contributed by atoms with Crippen LogP contribution < -0.4 is 5.32 Å². The van der Waals surface area contributed by atoms with Crippen molar-refractivity contribution in [2.45, 2.75) is 37.8 Å². The fourth-order valence-electron chi connectivity index (χ4n) is 3.96. The Balaban J connectivity index is 1.96. The first-order valence-corrected chi connectivity index (χ1v) is 15.2. The van der Waals surface area contributed by atoms with E-state index in [2.05, 4.69) is 21.2 Å². The van der Waals surface area contributed by atoms with E-state index in [1.54, 1.807) is 0 Å². The van der Waals surface area contributed by atoms with Crippen molar-refractivity contribution in [3.05, 3.63) is 99.5 Å². The van der Waals surface area contributed by atoms with Crippen LogP contribution in [0, 0.1) is 5.92 Å². The van der Waals surface area contributed by atoms with Crippen molar-refractivity contribution in [1.29, 1.82) is 0 Å². The van der Waals surface area contributed by atoms with Gasteiger partial charge in [-0.05, 0) is 53.4 Å². The summed E-state index contributed by atoms with van der Waals surface area (Å²) in [6, 6.07) is 21.8. The van der Waals surface area contributed by atoms with E-state index in [1.807, 2.05) is 68.4 Å². The molecule has 0 bridgehead atoms. The van der Waals surface area contributed by atoms with Crippen molar-refractivity contribution in [2.24, 2.45) is 5.92 Å². The zero-order chi connectivity index (χ0) is 28.6. The van der Waals surface area contributed by atoms with Crippen LogP contribution in [0.2, 0.25) is 5.02 Å². The Bertz CT molecular complexity index is 1370. The molecule has 0 fully saturated rings. The Morgan fingerprint density at radius 3 is 2.21 bits per heavy atom. The van der Waals surface area contributed by atoms with Gasteiger partial charge in [0.05, 0.1) is 11.4 Å². The van der Waals surface area contributed by atoms with Crippen LogP contribution in [-0.2, 0) is 32.6 Å². The fraction of sp³-hybridized carbons (Fsp3) is 0.310. The predicted octanol–water partition coefficient (Wildman–Crippen LogP) is 5.14. The summed E-state index contributed by atoms with van der Waals surface area (Å²) in [5.74, 6) is -0.564. The van der Waals surface area contributed by atoms with Gasteiger partial charge in [-0.1, -0.05) is 83.8 Å². The quantitative estimate of drug-likeness (QED) is 0.299. The summed E-state index contributed by atoms with van der Waals surface area (Å²) >= 11 is 9.39. The van der Waals surface area contributed by atoms with E-state index < -0.39 is 28.5 Å². The molecule has 208 valence electrons. The van der Waals surface area contributed by atoms with Crippen LogP contribution in [0.1, 0.15) is 25.0 Å². The Hall–Kier alpha value is -2.72. The second-order valence-corrected chi connectivity index (χ2v) is 13.1. The zero-order valence-corrected chi connectivity index (χ0v) is 25.3. The Morgan fingerprint density at radius 1 is 0.949 bits per heavy atom. The van der Waals surface area contributed by atoms with E-state index in [0.717, 1.165) is 19.9 Å². The summed E-state index contributed by atoms with van der Waals surface area (Å²) in [6.45, 7) is 4.12. The third-order valence-electron chi connectivity index (χ3n) is 6.08. The van der Waals surface area contributed by atoms with Crippen LogP contribution in [0.15, 0.2) is 88.2 Å². The molecule has 1 N–H and O–H groups in total. The molecule has 0 aliphatic rings. The number of likely N-dealkylation sites (N-methyl/N-ethyl adjacent to an activating group) is 1. The number of sulfonamides is 1. The van der Waals surface area contributed by atoms with Crippen molar-refractivity contribution in [3.8, 4) is 0 Å². The highest BCUT2D eigenvalue weighted by Gasteiger charge is 2.33. The maximum Gasteiger partial charge on any atom is 0.243 e. The molecule has 0 saturated carbocycles. The Kier molecular flexibility index (Phi) is 11.1. The number of amides is 2. The van der Waals surface area contributed by atoms with Crippen LogP contribution in [0.25, 0.3) is 0 Å². The standard InChI is InChI=1S/C29H33BrClN3O4S/c1-21(2)18-32-29(36)27(17-22-8-5-4-6-9-22)34(19-23-10-7-11-24(30)16-23)28(35)20-33(3)39(37,38)26-14-12-25(31)13-15-26/h4-16,21,27H,17-20H2,1-3H3,(H,32,36). The maximum absolute atomic E-state index is 13.9. The van der Waals surface area contributed by atoms with Crippen LogP contribution in [0.5, 0.6) is 0 Å². The van der Waals surface area contributed by atoms with E-state index in [1.165, 1.54) is 36.2 Å². The lowest BCUT2D eigenvalue weighted by Gasteiger charge is -2.33. The van der Waals surface area contributed by atoms with Gasteiger partial charge >= 0.3 is 0 Å². The predicted molar refractivity (Wildman–Crippen MR) is 158 cm³/mol. The van der Waals surface area contributed by atoms with Gasteiger partial charge in [-0.25, -0.2) is 8.42 Å². The van der Waals surface area contributed by atoms with E-state index in [0.29, 0.717) is 11.6 Å². The molecular formula is C29H33BrClN3O4S. The first-order valence-electron chi connectivity index (χ1n) is 12.5. The second kappa shape index (κ2) is 14.1. The molecule has 3 rings (SSSR count). The number of rotatable bonds is 12. The monoisotopic (exact) mass is 633 g/mol. The smallest absolute Gasteiger partial charge is 0.243 e. The molecule has 0 heterocycles. The van der Waals surface area contributed by atoms with Gasteiger partial charge in [-0.2, -0.15) is 4.31 Å². The molecular weight excluding hydrogens is 602 g/mol. The van der Waals surface area contributed by atoms with Gasteiger partial charge in [0.1, 0.15) is 6.04 Å². The average molecular weight is 635 g/mol. The zero-order valence-electron chi connectivity index (χ0n) is 22.2. The normalized spacial score (nSPS) is 12.4. The molecule has 3 aromatic carbocycles. The van der Waals surface area contributed by atoms with E-state index >= 15 is 0 Å². The molecule has 39 heavy (non-hydrogen) atoms. The highest BCUT2D eigenvalue weighted by atomic mass is 79.9. The van der Waals surface area contributed by atoms with Crippen LogP contribution >= 0.6 is 27.5 Å². The fourth-order valence-corrected chi connectivity index (χ4v) is 5.65. The number of halogens is 2. The molecule has 0 aliphatic carbocycles. The third-order valence-corrected chi connectivity index (χ3v) is 8.64. The number of hydrogen-bond acceptors (Lipinski definition) is 4. The molecule has 0 radical (unpaired) electrons. The number of nitrogens with zero attached hydrogens (tertiary/aromatic N) is 2. The molecule has 2 amide bonds. The highest BCUT2D eigenvalue weighted by molar-refractivity contribution is 9.10. The first kappa shape index (κ1) is 30.8. The first-order chi connectivity index (χ1) is 18.5. The van der Waals surface area contributed by atoms with Crippen LogP contribution in [0.4, 0.5) is 0 Å². The molecule has 0 aliphatic heterocycles. The van der Waals surface area contributed by atoms with Crippen LogP contribution in [0.3, 0.4) is 0 Å². The number of carbonyl (C=O) groups excluding carboxylic acids is 2. The van der Waals surface area contributed by atoms with Crippen molar-refractivity contribution >= 4 is 49.4 Å². The molecule has 0 spiro atoms. The number of carbonyl (C=O) groups is 2. The Labute approximate surface area is 244 Å². The van der Waals surface area contributed by atoms with Crippen molar-refractivity contribution in [1.82, 2.24) is 14.5 Å². The van der Waals surface area contributed by atoms with Gasteiger partial charge in [-0.15, -0.1) is 0 Å². The molecule has 1 unspecified atom stereocenters. The van der Waals surface area contributed by atoms with Gasteiger partial charge in [0, 0.05) is 36.1 Å². The minimum absolute atomic E-state index is 0.0243. The molecule has 3 aromatic rings. The molecule has 1 atom stereocenters. The van der Waals surface area contributed by atoms with E-state index in [4.69, 9.17) is 11.6 Å². The van der Waals surface area contributed by atoms with Crippen molar-refractivity contribution in [2.75, 3.05) is 20.1 Å². The van der Waals surface area contributed by atoms with Gasteiger partial charge in [-0.3, -0.25) is 9.59 Å². The summed E-state index contributed by atoms with van der Waals surface area (Å²) < 4.78 is 28.2. The topological polar surface area (TPSA) is 86.8 Å². The molecule has 0 saturated heterocycles. The summed E-state index contributed by atoms with van der Waals surface area (Å²) in [6.07, 6.45) is 0.276. The minimum Gasteiger partial charge on any atom is -0.354 e. The SMILES string of the molecule is CC(C)CNC(=O)C(Cc1ccccc1)N(Cc1cccc(Br)c1)C(=O)CN(C)S(=O)(=O)c1ccc(Cl)cc1. The minimum atomic E-state index is -3.97. The molecule has 0 aromatic heterocycles. The number of hydrogen-bond donors (Lipinski definition) is 1. The van der Waals surface area contributed by atoms with Gasteiger partial charge in [0.25, 0.3) is 0 Å². The summed E-state index contributed by atoms with van der Waals surface area (Å²) in [5.41, 5.74) is 1.69. The summed E-state index contributed by atoms with van der Waals surface area (Å²) in [4.78, 5) is 28.9. The largest absolute Gasteiger partial charge is 0.354 e. The van der Waals surface area contributed by atoms with E-state index in [9.17, 15) is 18.0 Å². The average Bonchev–Trinajstić information content (AvgIpc) is 2.90. The summed E-state index contributed by atoms with van der Waals surface area (Å²) in [7, 11) is -2.62. The van der Waals surface area contributed by atoms with E-state index in [-0.39, 0.29) is 29.7 Å². The maximum atomic E-state index is 13.9. The van der Waals surface area contributed by atoms with Crippen molar-refractivity contribution in [3.63, 3.8) is 0 Å². The molecule has 10 heteroatoms. The second-order valence-electron chi connectivity index (χ2n) is 9.71. The lowest BCUT2D eigenvalue weighted by Crippen LogP contribution is -2.53. The van der Waals surface area contributed by atoms with Gasteiger partial charge < -0.3 is 10.2 Å². The lowest BCUT2D eigenvalue weighted by molar-refractivity contribution is -0.141. The van der Waals surface area contributed by atoms with Crippen molar-refractivity contribution < 1.29 is 18.0 Å². The summed E-state index contributed by atoms with van der Waals surface area (Å²) in [5, 5.41) is 3.37. The number of nitrogens with one attached hydrogen (secondary N) is 1. The third kappa shape index (κ3) is 8.89. The van der Waals surface area contributed by atoms with Gasteiger partial charge in [0.2, 0.25) is 21.8 Å².